The van der Waals surface area contributed by atoms with Crippen molar-refractivity contribution in [3.8, 4) is 0 Å². The fourth-order valence-corrected chi connectivity index (χ4v) is 1.68. The highest BCUT2D eigenvalue weighted by Crippen LogP contribution is 2.22. The smallest absolute Gasteiger partial charge is 0.314 e. The quantitative estimate of drug-likeness (QED) is 0.769. The fourth-order valence-electron chi connectivity index (χ4n) is 1.49. The second-order valence-electron chi connectivity index (χ2n) is 4.29. The summed E-state index contributed by atoms with van der Waals surface area (Å²) in [6, 6.07) is 0. The molecule has 0 fully saturated rings. The van der Waals surface area contributed by atoms with Gasteiger partial charge in [0.05, 0.1) is 12.3 Å². The van der Waals surface area contributed by atoms with Gasteiger partial charge in [-0.05, 0) is 5.92 Å². The van der Waals surface area contributed by atoms with Crippen molar-refractivity contribution in [3.63, 3.8) is 0 Å². The van der Waals surface area contributed by atoms with Crippen LogP contribution < -0.4 is 0 Å². The second-order valence-corrected chi connectivity index (χ2v) is 4.55. The average Bonchev–Trinajstić information content (AvgIpc) is 2.55. The van der Waals surface area contributed by atoms with Crippen molar-refractivity contribution in [1.82, 2.24) is 14.8 Å². The summed E-state index contributed by atoms with van der Waals surface area (Å²) >= 11 is 5.67. The van der Waals surface area contributed by atoms with Crippen molar-refractivity contribution in [2.45, 2.75) is 45.3 Å². The third-order valence-corrected chi connectivity index (χ3v) is 2.44. The Kier molecular flexibility index (Phi) is 4.80. The van der Waals surface area contributed by atoms with E-state index in [9.17, 15) is 13.2 Å². The minimum atomic E-state index is -4.17. The number of hydrogen-bond acceptors (Lipinski definition) is 2. The summed E-state index contributed by atoms with van der Waals surface area (Å²) in [6.45, 7) is 4.54. The van der Waals surface area contributed by atoms with Crippen LogP contribution in [0.15, 0.2) is 0 Å². The van der Waals surface area contributed by atoms with Crippen LogP contribution in [-0.4, -0.2) is 20.9 Å². The first-order valence-electron chi connectivity index (χ1n) is 5.37. The summed E-state index contributed by atoms with van der Waals surface area (Å²) in [5.74, 6) is 1.34. The molecule has 3 nitrogen and oxygen atoms in total. The van der Waals surface area contributed by atoms with E-state index in [-0.39, 0.29) is 12.3 Å². The number of aromatic nitrogens is 3. The van der Waals surface area contributed by atoms with Crippen molar-refractivity contribution < 1.29 is 13.2 Å². The largest absolute Gasteiger partial charge is 0.389 e. The molecule has 1 rings (SSSR count). The molecule has 0 aliphatic heterocycles. The van der Waals surface area contributed by atoms with Gasteiger partial charge in [-0.3, -0.25) is 0 Å². The Balaban J connectivity index is 2.80. The van der Waals surface area contributed by atoms with E-state index in [1.54, 1.807) is 4.57 Å². The molecular weight excluding hydrogens is 255 g/mol. The predicted octanol–water partition coefficient (Wildman–Crippen LogP) is 3.17. The van der Waals surface area contributed by atoms with Gasteiger partial charge in [-0.15, -0.1) is 21.8 Å². The zero-order chi connectivity index (χ0) is 13.1. The average molecular weight is 270 g/mol. The molecule has 0 spiro atoms. The maximum atomic E-state index is 12.1. The van der Waals surface area contributed by atoms with E-state index in [0.717, 1.165) is 0 Å². The molecule has 1 aromatic heterocycles. The number of alkyl halides is 4. The number of nitrogens with zero attached hydrogens (tertiary/aromatic N) is 3. The molecule has 0 aromatic carbocycles. The van der Waals surface area contributed by atoms with Gasteiger partial charge in [0, 0.05) is 13.0 Å². The number of halogens is 4. The molecule has 0 saturated heterocycles. The predicted molar refractivity (Wildman–Crippen MR) is 58.8 cm³/mol. The van der Waals surface area contributed by atoms with E-state index in [2.05, 4.69) is 10.2 Å². The molecule has 0 aliphatic carbocycles. The number of hydrogen-bond donors (Lipinski definition) is 0. The summed E-state index contributed by atoms with van der Waals surface area (Å²) in [5.41, 5.74) is 0. The highest BCUT2D eigenvalue weighted by Gasteiger charge is 2.28. The monoisotopic (exact) mass is 269 g/mol. The van der Waals surface area contributed by atoms with Crippen molar-refractivity contribution in [1.29, 1.82) is 0 Å². The van der Waals surface area contributed by atoms with Gasteiger partial charge in [-0.25, -0.2) is 0 Å². The highest BCUT2D eigenvalue weighted by atomic mass is 35.5. The van der Waals surface area contributed by atoms with Crippen LogP contribution >= 0.6 is 11.6 Å². The van der Waals surface area contributed by atoms with E-state index >= 15 is 0 Å². The summed E-state index contributed by atoms with van der Waals surface area (Å²) in [5, 5.41) is 7.57. The maximum absolute atomic E-state index is 12.1. The maximum Gasteiger partial charge on any atom is 0.389 e. The SMILES string of the molecule is CC(C)Cn1c(CCl)nnc1CCC(F)(F)F. The number of rotatable bonds is 5. The van der Waals surface area contributed by atoms with Crippen molar-refractivity contribution in [2.24, 2.45) is 5.92 Å². The van der Waals surface area contributed by atoms with Crippen LogP contribution in [0.2, 0.25) is 0 Å². The standard InChI is InChI=1S/C10H15ClF3N3/c1-7(2)6-17-8(3-4-10(12,13)14)15-16-9(17)5-11/h7H,3-6H2,1-2H3. The van der Waals surface area contributed by atoms with Gasteiger partial charge >= 0.3 is 6.18 Å². The Labute approximate surface area is 103 Å². The highest BCUT2D eigenvalue weighted by molar-refractivity contribution is 6.16. The first-order valence-corrected chi connectivity index (χ1v) is 5.90. The molecule has 0 amide bonds. The van der Waals surface area contributed by atoms with Crippen LogP contribution in [0.5, 0.6) is 0 Å². The minimum Gasteiger partial charge on any atom is -0.314 e. The van der Waals surface area contributed by atoms with Gasteiger partial charge in [0.15, 0.2) is 0 Å². The van der Waals surface area contributed by atoms with Crippen LogP contribution in [-0.2, 0) is 18.8 Å². The molecule has 1 heterocycles. The lowest BCUT2D eigenvalue weighted by Crippen LogP contribution is -2.15. The molecule has 0 N–H and O–H groups in total. The normalized spacial score (nSPS) is 12.4. The lowest BCUT2D eigenvalue weighted by molar-refractivity contribution is -0.134. The topological polar surface area (TPSA) is 30.7 Å². The van der Waals surface area contributed by atoms with E-state index in [1.165, 1.54) is 0 Å². The Bertz CT molecular complexity index is 360. The molecule has 17 heavy (non-hydrogen) atoms. The first kappa shape index (κ1) is 14.3. The van der Waals surface area contributed by atoms with Crippen molar-refractivity contribution >= 4 is 11.6 Å². The van der Waals surface area contributed by atoms with Crippen molar-refractivity contribution in [3.05, 3.63) is 11.6 Å². The Morgan fingerprint density at radius 1 is 1.24 bits per heavy atom. The van der Waals surface area contributed by atoms with Gasteiger partial charge in [0.1, 0.15) is 11.6 Å². The third kappa shape index (κ3) is 4.53. The first-order chi connectivity index (χ1) is 7.83. The van der Waals surface area contributed by atoms with Crippen molar-refractivity contribution in [2.75, 3.05) is 0 Å². The molecule has 0 unspecified atom stereocenters. The molecule has 7 heteroatoms. The van der Waals surface area contributed by atoms with Gasteiger partial charge in [0.2, 0.25) is 0 Å². The lowest BCUT2D eigenvalue weighted by atomic mass is 10.2. The molecule has 0 radical (unpaired) electrons. The number of aryl methyl sites for hydroxylation is 1. The third-order valence-electron chi connectivity index (χ3n) is 2.20. The van der Waals surface area contributed by atoms with Gasteiger partial charge in [-0.2, -0.15) is 13.2 Å². The van der Waals surface area contributed by atoms with Crippen LogP contribution in [0.4, 0.5) is 13.2 Å². The van der Waals surface area contributed by atoms with E-state index < -0.39 is 12.6 Å². The summed E-state index contributed by atoms with van der Waals surface area (Å²) in [7, 11) is 0. The van der Waals surface area contributed by atoms with Crippen LogP contribution in [0.25, 0.3) is 0 Å². The van der Waals surface area contributed by atoms with E-state index in [1.807, 2.05) is 13.8 Å². The van der Waals surface area contributed by atoms with Crippen LogP contribution in [0, 0.1) is 5.92 Å². The molecule has 0 bridgehead atoms. The second kappa shape index (κ2) is 5.71. The van der Waals surface area contributed by atoms with Gasteiger partial charge < -0.3 is 4.57 Å². The fraction of sp³-hybridized carbons (Fsp3) is 0.800. The molecule has 0 saturated carbocycles. The molecule has 0 aliphatic rings. The molecular formula is C10H15ClF3N3. The Morgan fingerprint density at radius 2 is 1.82 bits per heavy atom. The molecule has 1 aromatic rings. The van der Waals surface area contributed by atoms with Crippen LogP contribution in [0.3, 0.4) is 0 Å². The van der Waals surface area contributed by atoms with E-state index in [0.29, 0.717) is 24.1 Å². The Hall–Kier alpha value is -0.780. The van der Waals surface area contributed by atoms with Gasteiger partial charge in [0.25, 0.3) is 0 Å². The van der Waals surface area contributed by atoms with E-state index in [4.69, 9.17) is 11.6 Å². The Morgan fingerprint density at radius 3 is 2.29 bits per heavy atom. The summed E-state index contributed by atoms with van der Waals surface area (Å²) < 4.78 is 38.1. The summed E-state index contributed by atoms with van der Waals surface area (Å²) in [4.78, 5) is 0. The van der Waals surface area contributed by atoms with Crippen LogP contribution in [0.1, 0.15) is 31.9 Å². The zero-order valence-electron chi connectivity index (χ0n) is 9.76. The summed E-state index contributed by atoms with van der Waals surface area (Å²) in [6.07, 6.45) is -5.21. The molecule has 98 valence electrons. The van der Waals surface area contributed by atoms with Gasteiger partial charge in [-0.1, -0.05) is 13.8 Å². The molecule has 0 atom stereocenters. The zero-order valence-corrected chi connectivity index (χ0v) is 10.5. The minimum absolute atomic E-state index is 0.153. The lowest BCUT2D eigenvalue weighted by Gasteiger charge is -2.12.